The van der Waals surface area contributed by atoms with E-state index < -0.39 is 0 Å². The Balaban J connectivity index is 0.00000106. The van der Waals surface area contributed by atoms with E-state index in [1.807, 2.05) is 27.0 Å². The number of allylic oxidation sites excluding steroid dienone is 3. The predicted molar refractivity (Wildman–Crippen MR) is 73.8 cm³/mol. The van der Waals surface area contributed by atoms with Gasteiger partial charge in [0.05, 0.1) is 0 Å². The minimum Gasteiger partial charge on any atom is -0.370 e. The van der Waals surface area contributed by atoms with Crippen molar-refractivity contribution in [3.8, 4) is 0 Å². The lowest BCUT2D eigenvalue weighted by atomic mass is 9.99. The zero-order valence-electron chi connectivity index (χ0n) is 11.4. The van der Waals surface area contributed by atoms with E-state index in [1.165, 1.54) is 12.0 Å². The van der Waals surface area contributed by atoms with Crippen molar-refractivity contribution in [1.82, 2.24) is 5.32 Å². The molecule has 92 valence electrons. The molecule has 1 atom stereocenters. The van der Waals surface area contributed by atoms with E-state index in [0.29, 0.717) is 0 Å². The van der Waals surface area contributed by atoms with E-state index in [-0.39, 0.29) is 0 Å². The highest BCUT2D eigenvalue weighted by Crippen LogP contribution is 2.21. The molecule has 0 spiro atoms. The highest BCUT2D eigenvalue weighted by Gasteiger charge is 2.12. The van der Waals surface area contributed by atoms with Crippen LogP contribution in [0.4, 0.5) is 0 Å². The van der Waals surface area contributed by atoms with Crippen molar-refractivity contribution in [2.24, 2.45) is 10.9 Å². The molecule has 0 saturated heterocycles. The molecule has 1 N–H and O–H groups in total. The third kappa shape index (κ3) is 5.15. The van der Waals surface area contributed by atoms with E-state index in [9.17, 15) is 0 Å². The van der Waals surface area contributed by atoms with Crippen LogP contribution in [0.5, 0.6) is 0 Å². The fourth-order valence-corrected chi connectivity index (χ4v) is 1.73. The van der Waals surface area contributed by atoms with Crippen molar-refractivity contribution in [2.45, 2.75) is 47.5 Å². The molecule has 0 aliphatic carbocycles. The normalized spacial score (nSPS) is 21.7. The molecule has 16 heavy (non-hydrogen) atoms. The van der Waals surface area contributed by atoms with Gasteiger partial charge in [-0.1, -0.05) is 32.9 Å². The molecule has 1 aliphatic heterocycles. The van der Waals surface area contributed by atoms with Crippen LogP contribution in [0.25, 0.3) is 0 Å². The van der Waals surface area contributed by atoms with Crippen LogP contribution >= 0.6 is 0 Å². The summed E-state index contributed by atoms with van der Waals surface area (Å²) >= 11 is 0. The molecule has 0 aromatic heterocycles. The summed E-state index contributed by atoms with van der Waals surface area (Å²) < 4.78 is 0. The molecule has 1 rings (SSSR count). The lowest BCUT2D eigenvalue weighted by Gasteiger charge is -2.06. The number of aliphatic imine (C=N–C) groups is 1. The standard InChI is InChI=1S/C12H20N2.C2H6/c1-4-6-11-9-10(3)7-8-14-12(11)13-5-2;1-2/h4-6,10,14H,7-9H2,1-3H3;1-2H3/b6-4-,13-5-;. The first-order valence-electron chi connectivity index (χ1n) is 6.36. The molecule has 0 aromatic rings. The quantitative estimate of drug-likeness (QED) is 0.704. The fraction of sp³-hybridized carbons (Fsp3) is 0.643. The van der Waals surface area contributed by atoms with E-state index in [2.05, 4.69) is 36.3 Å². The molecule has 0 fully saturated rings. The Bertz CT molecular complexity index is 262. The van der Waals surface area contributed by atoms with E-state index in [1.54, 1.807) is 0 Å². The van der Waals surface area contributed by atoms with Gasteiger partial charge >= 0.3 is 0 Å². The number of hydrogen-bond donors (Lipinski definition) is 1. The Kier molecular flexibility index (Phi) is 8.59. The molecule has 1 aliphatic rings. The van der Waals surface area contributed by atoms with Gasteiger partial charge in [-0.05, 0) is 38.2 Å². The largest absolute Gasteiger partial charge is 0.370 e. The van der Waals surface area contributed by atoms with E-state index >= 15 is 0 Å². The zero-order valence-corrected chi connectivity index (χ0v) is 11.4. The Hall–Kier alpha value is -1.05. The van der Waals surface area contributed by atoms with Gasteiger partial charge in [-0.2, -0.15) is 0 Å². The van der Waals surface area contributed by atoms with Crippen LogP contribution in [0.1, 0.15) is 47.5 Å². The van der Waals surface area contributed by atoms with Gasteiger partial charge in [-0.3, -0.25) is 0 Å². The molecule has 1 heterocycles. The Morgan fingerprint density at radius 2 is 2.00 bits per heavy atom. The number of nitrogens with one attached hydrogen (secondary N) is 1. The first-order chi connectivity index (χ1) is 7.77. The van der Waals surface area contributed by atoms with Gasteiger partial charge in [0.2, 0.25) is 0 Å². The Morgan fingerprint density at radius 1 is 1.31 bits per heavy atom. The van der Waals surface area contributed by atoms with Crippen molar-refractivity contribution < 1.29 is 0 Å². The summed E-state index contributed by atoms with van der Waals surface area (Å²) in [6.07, 6.45) is 8.45. The van der Waals surface area contributed by atoms with Crippen molar-refractivity contribution >= 4 is 6.21 Å². The SMILES string of the molecule is C/C=C\C1=C(/N=C\C)NCCC(C)C1.CC. The molecule has 2 heteroatoms. The van der Waals surface area contributed by atoms with Crippen LogP contribution in [-0.2, 0) is 0 Å². The van der Waals surface area contributed by atoms with Gasteiger partial charge in [0, 0.05) is 12.8 Å². The second-order valence-corrected chi connectivity index (χ2v) is 3.79. The van der Waals surface area contributed by atoms with Crippen molar-refractivity contribution in [3.63, 3.8) is 0 Å². The third-order valence-corrected chi connectivity index (χ3v) is 2.43. The Morgan fingerprint density at radius 3 is 2.56 bits per heavy atom. The van der Waals surface area contributed by atoms with Crippen LogP contribution in [0.3, 0.4) is 0 Å². The average molecular weight is 222 g/mol. The van der Waals surface area contributed by atoms with Crippen LogP contribution in [-0.4, -0.2) is 12.8 Å². The van der Waals surface area contributed by atoms with E-state index in [4.69, 9.17) is 0 Å². The monoisotopic (exact) mass is 222 g/mol. The Labute approximate surface area is 101 Å². The molecule has 0 saturated carbocycles. The van der Waals surface area contributed by atoms with Gasteiger partial charge in [0.25, 0.3) is 0 Å². The van der Waals surface area contributed by atoms with Crippen molar-refractivity contribution in [3.05, 3.63) is 23.5 Å². The van der Waals surface area contributed by atoms with Gasteiger partial charge in [-0.15, -0.1) is 0 Å². The maximum absolute atomic E-state index is 4.37. The lowest BCUT2D eigenvalue weighted by molar-refractivity contribution is 0.538. The van der Waals surface area contributed by atoms with Crippen molar-refractivity contribution in [1.29, 1.82) is 0 Å². The highest BCUT2D eigenvalue weighted by molar-refractivity contribution is 5.55. The molecule has 0 amide bonds. The highest BCUT2D eigenvalue weighted by atomic mass is 15.0. The van der Waals surface area contributed by atoms with Gasteiger partial charge in [0.15, 0.2) is 0 Å². The molecule has 2 nitrogen and oxygen atoms in total. The second kappa shape index (κ2) is 9.20. The third-order valence-electron chi connectivity index (χ3n) is 2.43. The summed E-state index contributed by atoms with van der Waals surface area (Å²) in [4.78, 5) is 4.37. The maximum atomic E-state index is 4.37. The number of nitrogens with zero attached hydrogens (tertiary/aromatic N) is 1. The topological polar surface area (TPSA) is 24.4 Å². The van der Waals surface area contributed by atoms with Gasteiger partial charge < -0.3 is 5.32 Å². The minimum atomic E-state index is 0.748. The number of hydrogen-bond acceptors (Lipinski definition) is 2. The molecule has 0 aromatic carbocycles. The zero-order chi connectivity index (χ0) is 12.4. The summed E-state index contributed by atoms with van der Waals surface area (Å²) in [6, 6.07) is 0. The molecular weight excluding hydrogens is 196 g/mol. The van der Waals surface area contributed by atoms with Crippen LogP contribution < -0.4 is 5.32 Å². The minimum absolute atomic E-state index is 0.748. The van der Waals surface area contributed by atoms with Gasteiger partial charge in [-0.25, -0.2) is 4.99 Å². The van der Waals surface area contributed by atoms with Crippen LogP contribution in [0.15, 0.2) is 28.5 Å². The number of rotatable bonds is 2. The first kappa shape index (κ1) is 14.9. The molecule has 0 radical (unpaired) electrons. The first-order valence-corrected chi connectivity index (χ1v) is 6.36. The average Bonchev–Trinajstić information content (AvgIpc) is 2.45. The van der Waals surface area contributed by atoms with Crippen LogP contribution in [0, 0.1) is 5.92 Å². The smallest absolute Gasteiger partial charge is 0.128 e. The molecular formula is C14H26N2. The summed E-state index contributed by atoms with van der Waals surface area (Å²) in [5, 5.41) is 3.38. The van der Waals surface area contributed by atoms with E-state index in [0.717, 1.165) is 24.7 Å². The second-order valence-electron chi connectivity index (χ2n) is 3.79. The summed E-state index contributed by atoms with van der Waals surface area (Å²) in [5.41, 5.74) is 1.33. The molecule has 0 bridgehead atoms. The van der Waals surface area contributed by atoms with Gasteiger partial charge in [0.1, 0.15) is 5.82 Å². The summed E-state index contributed by atoms with van der Waals surface area (Å²) in [7, 11) is 0. The maximum Gasteiger partial charge on any atom is 0.128 e. The summed E-state index contributed by atoms with van der Waals surface area (Å²) in [6.45, 7) is 11.3. The predicted octanol–water partition coefficient (Wildman–Crippen LogP) is 3.91. The fourth-order valence-electron chi connectivity index (χ4n) is 1.73. The lowest BCUT2D eigenvalue weighted by Crippen LogP contribution is -2.13. The summed E-state index contributed by atoms with van der Waals surface area (Å²) in [5.74, 6) is 1.80. The van der Waals surface area contributed by atoms with Crippen molar-refractivity contribution in [2.75, 3.05) is 6.54 Å². The molecule has 1 unspecified atom stereocenters. The van der Waals surface area contributed by atoms with Crippen LogP contribution in [0.2, 0.25) is 0 Å².